The van der Waals surface area contributed by atoms with Crippen molar-refractivity contribution in [1.29, 1.82) is 0 Å². The molecule has 1 N–H and O–H groups in total. The number of carbonyl (C=O) groups excluding carboxylic acids is 2. The largest absolute Gasteiger partial charge is 0.465 e. The summed E-state index contributed by atoms with van der Waals surface area (Å²) in [6.07, 6.45) is 1.55. The van der Waals surface area contributed by atoms with Crippen molar-refractivity contribution < 1.29 is 14.3 Å². The summed E-state index contributed by atoms with van der Waals surface area (Å²) in [6, 6.07) is 20.2. The molecule has 142 valence electrons. The fraction of sp³-hybridized carbons (Fsp3) is 0.136. The average molecular weight is 375 g/mol. The fourth-order valence-corrected chi connectivity index (χ4v) is 2.70. The Bertz CT molecular complexity index is 939. The number of aromatic nitrogens is 1. The molecule has 0 spiro atoms. The number of ether oxygens (including phenoxy) is 1. The molecule has 6 heteroatoms. The van der Waals surface area contributed by atoms with Gasteiger partial charge in [-0.2, -0.15) is 0 Å². The zero-order chi connectivity index (χ0) is 19.9. The number of methoxy groups -OCH3 is 1. The van der Waals surface area contributed by atoms with Gasteiger partial charge in [0.1, 0.15) is 5.82 Å². The molecule has 0 saturated carbocycles. The van der Waals surface area contributed by atoms with Crippen LogP contribution in [-0.2, 0) is 11.3 Å². The first-order valence-electron chi connectivity index (χ1n) is 8.77. The molecule has 3 aromatic rings. The second kappa shape index (κ2) is 8.81. The molecule has 0 saturated heterocycles. The summed E-state index contributed by atoms with van der Waals surface area (Å²) in [4.78, 5) is 30.0. The fourth-order valence-electron chi connectivity index (χ4n) is 2.70. The van der Waals surface area contributed by atoms with Gasteiger partial charge in [-0.15, -0.1) is 0 Å². The molecule has 0 bridgehead atoms. The third-order valence-electron chi connectivity index (χ3n) is 4.20. The SMILES string of the molecule is COC(=O)c1ccc(Nc2ccc(C(=O)N(C)Cc3ccccc3)cn2)cc1. The highest BCUT2D eigenvalue weighted by Gasteiger charge is 2.12. The monoisotopic (exact) mass is 375 g/mol. The zero-order valence-electron chi connectivity index (χ0n) is 15.8. The van der Waals surface area contributed by atoms with Crippen LogP contribution in [0.15, 0.2) is 72.9 Å². The smallest absolute Gasteiger partial charge is 0.337 e. The Morgan fingerprint density at radius 1 is 0.964 bits per heavy atom. The lowest BCUT2D eigenvalue weighted by Gasteiger charge is -2.17. The topological polar surface area (TPSA) is 71.5 Å². The third-order valence-corrected chi connectivity index (χ3v) is 4.20. The van der Waals surface area contributed by atoms with Crippen molar-refractivity contribution in [2.75, 3.05) is 19.5 Å². The minimum Gasteiger partial charge on any atom is -0.465 e. The first-order chi connectivity index (χ1) is 13.6. The molecular formula is C22H21N3O3. The van der Waals surface area contributed by atoms with E-state index in [0.717, 1.165) is 11.3 Å². The minimum absolute atomic E-state index is 0.0923. The molecule has 0 radical (unpaired) electrons. The Balaban J connectivity index is 1.62. The van der Waals surface area contributed by atoms with Crippen LogP contribution in [0.2, 0.25) is 0 Å². The Morgan fingerprint density at radius 3 is 2.25 bits per heavy atom. The minimum atomic E-state index is -0.382. The lowest BCUT2D eigenvalue weighted by Crippen LogP contribution is -2.26. The number of nitrogens with one attached hydrogen (secondary N) is 1. The van der Waals surface area contributed by atoms with Crippen molar-refractivity contribution in [2.24, 2.45) is 0 Å². The van der Waals surface area contributed by atoms with Crippen LogP contribution in [0.4, 0.5) is 11.5 Å². The predicted octanol–water partition coefficient (Wildman–Crippen LogP) is 3.88. The molecule has 1 amide bonds. The lowest BCUT2D eigenvalue weighted by molar-refractivity contribution is 0.0600. The number of esters is 1. The molecule has 0 unspecified atom stereocenters. The molecule has 6 nitrogen and oxygen atoms in total. The quantitative estimate of drug-likeness (QED) is 0.662. The second-order valence-corrected chi connectivity index (χ2v) is 6.27. The van der Waals surface area contributed by atoms with Crippen LogP contribution in [0.25, 0.3) is 0 Å². The van der Waals surface area contributed by atoms with Gasteiger partial charge in [0, 0.05) is 25.5 Å². The van der Waals surface area contributed by atoms with Gasteiger partial charge in [-0.05, 0) is 42.0 Å². The van der Waals surface area contributed by atoms with E-state index in [1.165, 1.54) is 7.11 Å². The Kier molecular flexibility index (Phi) is 6.01. The van der Waals surface area contributed by atoms with Crippen molar-refractivity contribution in [1.82, 2.24) is 9.88 Å². The van der Waals surface area contributed by atoms with Gasteiger partial charge >= 0.3 is 5.97 Å². The van der Waals surface area contributed by atoms with E-state index in [9.17, 15) is 9.59 Å². The molecule has 1 aromatic heterocycles. The number of anilines is 2. The number of pyridine rings is 1. The molecule has 1 heterocycles. The number of carbonyl (C=O) groups is 2. The van der Waals surface area contributed by atoms with E-state index >= 15 is 0 Å². The first-order valence-corrected chi connectivity index (χ1v) is 8.77. The molecule has 2 aromatic carbocycles. The van der Waals surface area contributed by atoms with Crippen molar-refractivity contribution in [3.8, 4) is 0 Å². The highest BCUT2D eigenvalue weighted by atomic mass is 16.5. The maximum Gasteiger partial charge on any atom is 0.337 e. The molecular weight excluding hydrogens is 354 g/mol. The van der Waals surface area contributed by atoms with E-state index < -0.39 is 0 Å². The van der Waals surface area contributed by atoms with Crippen LogP contribution in [0, 0.1) is 0 Å². The first kappa shape index (κ1) is 19.1. The summed E-state index contributed by atoms with van der Waals surface area (Å²) in [5.41, 5.74) is 2.84. The van der Waals surface area contributed by atoms with Gasteiger partial charge in [-0.25, -0.2) is 9.78 Å². The Morgan fingerprint density at radius 2 is 1.64 bits per heavy atom. The van der Waals surface area contributed by atoms with Crippen LogP contribution in [0.1, 0.15) is 26.3 Å². The van der Waals surface area contributed by atoms with Gasteiger partial charge in [0.15, 0.2) is 0 Å². The van der Waals surface area contributed by atoms with Crippen LogP contribution in [0.5, 0.6) is 0 Å². The number of nitrogens with zero attached hydrogens (tertiary/aromatic N) is 2. The Labute approximate surface area is 163 Å². The van der Waals surface area contributed by atoms with E-state index in [1.54, 1.807) is 54.5 Å². The maximum atomic E-state index is 12.6. The van der Waals surface area contributed by atoms with Gasteiger partial charge in [-0.1, -0.05) is 30.3 Å². The van der Waals surface area contributed by atoms with Gasteiger partial charge < -0.3 is 15.0 Å². The summed E-state index contributed by atoms with van der Waals surface area (Å²) in [6.45, 7) is 0.534. The van der Waals surface area contributed by atoms with Gasteiger partial charge in [-0.3, -0.25) is 4.79 Å². The predicted molar refractivity (Wildman–Crippen MR) is 108 cm³/mol. The summed E-state index contributed by atoms with van der Waals surface area (Å²) >= 11 is 0. The van der Waals surface area contributed by atoms with Crippen LogP contribution in [-0.4, -0.2) is 35.9 Å². The summed E-state index contributed by atoms with van der Waals surface area (Å²) in [5, 5.41) is 3.14. The number of hydrogen-bond donors (Lipinski definition) is 1. The van der Waals surface area contributed by atoms with Crippen LogP contribution < -0.4 is 5.32 Å². The molecule has 0 aliphatic rings. The Hall–Kier alpha value is -3.67. The van der Waals surface area contributed by atoms with E-state index in [-0.39, 0.29) is 11.9 Å². The maximum absolute atomic E-state index is 12.6. The number of amides is 1. The lowest BCUT2D eigenvalue weighted by atomic mass is 10.2. The standard InChI is InChI=1S/C22H21N3O3/c1-25(15-16-6-4-3-5-7-16)21(26)18-10-13-20(23-14-18)24-19-11-8-17(9-12-19)22(27)28-2/h3-14H,15H2,1-2H3,(H,23,24). The van der Waals surface area contributed by atoms with E-state index in [1.807, 2.05) is 30.3 Å². The average Bonchev–Trinajstić information content (AvgIpc) is 2.74. The van der Waals surface area contributed by atoms with E-state index in [0.29, 0.717) is 23.5 Å². The molecule has 28 heavy (non-hydrogen) atoms. The summed E-state index contributed by atoms with van der Waals surface area (Å²) < 4.78 is 4.68. The molecule has 0 aliphatic carbocycles. The van der Waals surface area contributed by atoms with Crippen molar-refractivity contribution in [3.05, 3.63) is 89.6 Å². The van der Waals surface area contributed by atoms with Crippen molar-refractivity contribution in [3.63, 3.8) is 0 Å². The molecule has 0 aliphatic heterocycles. The summed E-state index contributed by atoms with van der Waals surface area (Å²) in [7, 11) is 3.11. The van der Waals surface area contributed by atoms with Gasteiger partial charge in [0.25, 0.3) is 5.91 Å². The summed E-state index contributed by atoms with van der Waals surface area (Å²) in [5.74, 6) is 0.130. The third kappa shape index (κ3) is 4.73. The van der Waals surface area contributed by atoms with Gasteiger partial charge in [0.05, 0.1) is 18.2 Å². The number of hydrogen-bond acceptors (Lipinski definition) is 5. The normalized spacial score (nSPS) is 10.2. The molecule has 3 rings (SSSR count). The van der Waals surface area contributed by atoms with Crippen molar-refractivity contribution >= 4 is 23.4 Å². The van der Waals surface area contributed by atoms with Crippen LogP contribution >= 0.6 is 0 Å². The van der Waals surface area contributed by atoms with Crippen molar-refractivity contribution in [2.45, 2.75) is 6.54 Å². The molecule has 0 fully saturated rings. The highest BCUT2D eigenvalue weighted by Crippen LogP contribution is 2.17. The zero-order valence-corrected chi connectivity index (χ0v) is 15.8. The molecule has 0 atom stereocenters. The van der Waals surface area contributed by atoms with E-state index in [4.69, 9.17) is 0 Å². The second-order valence-electron chi connectivity index (χ2n) is 6.27. The van der Waals surface area contributed by atoms with E-state index in [2.05, 4.69) is 15.0 Å². The van der Waals surface area contributed by atoms with Gasteiger partial charge in [0.2, 0.25) is 0 Å². The number of rotatable bonds is 6. The highest BCUT2D eigenvalue weighted by molar-refractivity contribution is 5.94. The van der Waals surface area contributed by atoms with Crippen LogP contribution in [0.3, 0.4) is 0 Å². The number of benzene rings is 2.